The van der Waals surface area contributed by atoms with Gasteiger partial charge in [-0.15, -0.1) is 0 Å². The highest BCUT2D eigenvalue weighted by Crippen LogP contribution is 2.21. The Morgan fingerprint density at radius 3 is 2.70 bits per heavy atom. The van der Waals surface area contributed by atoms with Crippen molar-refractivity contribution in [3.63, 3.8) is 0 Å². The molecule has 1 saturated heterocycles. The van der Waals surface area contributed by atoms with Crippen LogP contribution in [0.2, 0.25) is 5.02 Å². The molecule has 0 bridgehead atoms. The Kier molecular flexibility index (Phi) is 6.19. The minimum Gasteiger partial charge on any atom is -0.497 e. The molecule has 142 valence electrons. The number of nitrogens with zero attached hydrogens (tertiary/aromatic N) is 1. The van der Waals surface area contributed by atoms with Gasteiger partial charge in [0.05, 0.1) is 7.11 Å². The SMILES string of the molecule is COc1ccc(CNC(=O)[C@H]2CCCN2C(=O)Nc2cccc(Cl)c2)cc1. The van der Waals surface area contributed by atoms with E-state index in [0.29, 0.717) is 30.2 Å². The second-order valence-corrected chi connectivity index (χ2v) is 6.79. The van der Waals surface area contributed by atoms with Crippen LogP contribution in [0, 0.1) is 0 Å². The molecule has 1 aliphatic rings. The lowest BCUT2D eigenvalue weighted by molar-refractivity contribution is -0.124. The van der Waals surface area contributed by atoms with Gasteiger partial charge in [0.25, 0.3) is 0 Å². The minimum absolute atomic E-state index is 0.149. The predicted octanol–water partition coefficient (Wildman–Crippen LogP) is 3.66. The Bertz CT molecular complexity index is 810. The molecule has 1 atom stereocenters. The molecule has 2 aromatic carbocycles. The van der Waals surface area contributed by atoms with E-state index in [2.05, 4.69) is 10.6 Å². The summed E-state index contributed by atoms with van der Waals surface area (Å²) in [6.07, 6.45) is 1.45. The predicted molar refractivity (Wildman–Crippen MR) is 105 cm³/mol. The summed E-state index contributed by atoms with van der Waals surface area (Å²) in [5.74, 6) is 0.620. The van der Waals surface area contributed by atoms with Crippen molar-refractivity contribution in [1.29, 1.82) is 0 Å². The number of urea groups is 1. The molecule has 0 unspecified atom stereocenters. The van der Waals surface area contributed by atoms with Crippen LogP contribution in [0.1, 0.15) is 18.4 Å². The van der Waals surface area contributed by atoms with Gasteiger partial charge in [-0.2, -0.15) is 0 Å². The average molecular weight is 388 g/mol. The van der Waals surface area contributed by atoms with E-state index in [9.17, 15) is 9.59 Å². The zero-order valence-corrected chi connectivity index (χ0v) is 15.8. The van der Waals surface area contributed by atoms with Crippen molar-refractivity contribution in [2.75, 3.05) is 19.0 Å². The first-order valence-electron chi connectivity index (χ1n) is 8.80. The summed E-state index contributed by atoms with van der Waals surface area (Å²) in [6.45, 7) is 0.954. The van der Waals surface area contributed by atoms with Crippen molar-refractivity contribution in [1.82, 2.24) is 10.2 Å². The molecule has 1 aliphatic heterocycles. The molecule has 3 amide bonds. The van der Waals surface area contributed by atoms with E-state index in [4.69, 9.17) is 16.3 Å². The maximum absolute atomic E-state index is 12.6. The summed E-state index contributed by atoms with van der Waals surface area (Å²) in [4.78, 5) is 26.7. The summed E-state index contributed by atoms with van der Waals surface area (Å²) < 4.78 is 5.13. The number of benzene rings is 2. The van der Waals surface area contributed by atoms with Crippen molar-refractivity contribution >= 4 is 29.2 Å². The van der Waals surface area contributed by atoms with Gasteiger partial charge in [0.1, 0.15) is 11.8 Å². The van der Waals surface area contributed by atoms with E-state index in [0.717, 1.165) is 17.7 Å². The fourth-order valence-corrected chi connectivity index (χ4v) is 3.28. The van der Waals surface area contributed by atoms with Gasteiger partial charge in [0.15, 0.2) is 0 Å². The fraction of sp³-hybridized carbons (Fsp3) is 0.300. The number of methoxy groups -OCH3 is 1. The van der Waals surface area contributed by atoms with E-state index in [-0.39, 0.29) is 11.9 Å². The van der Waals surface area contributed by atoms with Crippen LogP contribution < -0.4 is 15.4 Å². The van der Waals surface area contributed by atoms with Crippen LogP contribution in [0.5, 0.6) is 5.75 Å². The Hall–Kier alpha value is -2.73. The van der Waals surface area contributed by atoms with Gasteiger partial charge in [-0.3, -0.25) is 4.79 Å². The summed E-state index contributed by atoms with van der Waals surface area (Å²) in [5.41, 5.74) is 1.58. The largest absolute Gasteiger partial charge is 0.497 e. The topological polar surface area (TPSA) is 70.7 Å². The van der Waals surface area contributed by atoms with E-state index < -0.39 is 6.04 Å². The highest BCUT2D eigenvalue weighted by molar-refractivity contribution is 6.30. The number of nitrogens with one attached hydrogen (secondary N) is 2. The average Bonchev–Trinajstić information content (AvgIpc) is 3.16. The van der Waals surface area contributed by atoms with Gasteiger partial charge < -0.3 is 20.3 Å². The van der Waals surface area contributed by atoms with E-state index in [1.54, 1.807) is 36.3 Å². The van der Waals surface area contributed by atoms with Gasteiger partial charge >= 0.3 is 6.03 Å². The van der Waals surface area contributed by atoms with Gasteiger partial charge in [-0.1, -0.05) is 29.8 Å². The van der Waals surface area contributed by atoms with Crippen LogP contribution in [-0.4, -0.2) is 36.5 Å². The van der Waals surface area contributed by atoms with Gasteiger partial charge in [-0.25, -0.2) is 4.79 Å². The van der Waals surface area contributed by atoms with Crippen LogP contribution in [0.15, 0.2) is 48.5 Å². The van der Waals surface area contributed by atoms with Crippen LogP contribution in [-0.2, 0) is 11.3 Å². The Morgan fingerprint density at radius 2 is 2.00 bits per heavy atom. The van der Waals surface area contributed by atoms with Gasteiger partial charge in [0, 0.05) is 23.8 Å². The first-order chi connectivity index (χ1) is 13.1. The number of amides is 3. The number of carbonyl (C=O) groups excluding carboxylic acids is 2. The lowest BCUT2D eigenvalue weighted by atomic mass is 10.2. The summed E-state index contributed by atoms with van der Waals surface area (Å²) in [5, 5.41) is 6.26. The number of rotatable bonds is 5. The van der Waals surface area contributed by atoms with Gasteiger partial charge in [0.2, 0.25) is 5.91 Å². The number of carbonyl (C=O) groups is 2. The number of halogens is 1. The number of likely N-dealkylation sites (tertiary alicyclic amines) is 1. The molecule has 0 saturated carbocycles. The molecule has 0 aromatic heterocycles. The number of hydrogen-bond acceptors (Lipinski definition) is 3. The molecular formula is C20H22ClN3O3. The molecule has 7 heteroatoms. The van der Waals surface area contributed by atoms with Crippen LogP contribution in [0.25, 0.3) is 0 Å². The van der Waals surface area contributed by atoms with Crippen LogP contribution >= 0.6 is 11.6 Å². The normalized spacial score (nSPS) is 16.1. The zero-order valence-electron chi connectivity index (χ0n) is 15.1. The second kappa shape index (κ2) is 8.77. The van der Waals surface area contributed by atoms with Crippen molar-refractivity contribution in [2.24, 2.45) is 0 Å². The van der Waals surface area contributed by atoms with Crippen molar-refractivity contribution in [3.05, 3.63) is 59.1 Å². The molecule has 1 heterocycles. The third-order valence-corrected chi connectivity index (χ3v) is 4.75. The standard InChI is InChI=1S/C20H22ClN3O3/c1-27-17-9-7-14(8-10-17)13-22-19(25)18-6-3-11-24(18)20(26)23-16-5-2-4-15(21)12-16/h2,4-5,7-10,12,18H,3,6,11,13H2,1H3,(H,22,25)(H,23,26)/t18-/m1/s1. The number of hydrogen-bond donors (Lipinski definition) is 2. The third kappa shape index (κ3) is 4.92. The molecule has 3 rings (SSSR count). The number of ether oxygens (including phenoxy) is 1. The molecule has 27 heavy (non-hydrogen) atoms. The molecule has 6 nitrogen and oxygen atoms in total. The van der Waals surface area contributed by atoms with E-state index in [1.165, 1.54) is 0 Å². The molecule has 0 aliphatic carbocycles. The molecule has 2 aromatic rings. The monoisotopic (exact) mass is 387 g/mol. The van der Waals surface area contributed by atoms with Crippen LogP contribution in [0.3, 0.4) is 0 Å². The highest BCUT2D eigenvalue weighted by Gasteiger charge is 2.34. The molecule has 0 radical (unpaired) electrons. The smallest absolute Gasteiger partial charge is 0.322 e. The molecule has 0 spiro atoms. The maximum atomic E-state index is 12.6. The van der Waals surface area contributed by atoms with Gasteiger partial charge in [-0.05, 0) is 48.7 Å². The minimum atomic E-state index is -0.470. The molecule has 2 N–H and O–H groups in total. The van der Waals surface area contributed by atoms with Crippen molar-refractivity contribution in [2.45, 2.75) is 25.4 Å². The Labute approximate surface area is 163 Å². The van der Waals surface area contributed by atoms with E-state index in [1.807, 2.05) is 24.3 Å². The fourth-order valence-electron chi connectivity index (χ4n) is 3.09. The van der Waals surface area contributed by atoms with Crippen molar-refractivity contribution < 1.29 is 14.3 Å². The summed E-state index contributed by atoms with van der Waals surface area (Å²) in [6, 6.07) is 13.7. The van der Waals surface area contributed by atoms with Crippen molar-refractivity contribution in [3.8, 4) is 5.75 Å². The summed E-state index contributed by atoms with van der Waals surface area (Å²) in [7, 11) is 1.61. The van der Waals surface area contributed by atoms with E-state index >= 15 is 0 Å². The second-order valence-electron chi connectivity index (χ2n) is 6.36. The highest BCUT2D eigenvalue weighted by atomic mass is 35.5. The summed E-state index contributed by atoms with van der Waals surface area (Å²) >= 11 is 5.95. The first-order valence-corrected chi connectivity index (χ1v) is 9.18. The lowest BCUT2D eigenvalue weighted by Crippen LogP contribution is -2.47. The first kappa shape index (κ1) is 19.0. The zero-order chi connectivity index (χ0) is 19.2. The lowest BCUT2D eigenvalue weighted by Gasteiger charge is -2.24. The third-order valence-electron chi connectivity index (χ3n) is 4.52. The Morgan fingerprint density at radius 1 is 1.22 bits per heavy atom. The van der Waals surface area contributed by atoms with Crippen LogP contribution in [0.4, 0.5) is 10.5 Å². The maximum Gasteiger partial charge on any atom is 0.322 e. The molecule has 1 fully saturated rings. The quantitative estimate of drug-likeness (QED) is 0.822. The Balaban J connectivity index is 1.57. The number of anilines is 1. The molecular weight excluding hydrogens is 366 g/mol.